The van der Waals surface area contributed by atoms with Gasteiger partial charge in [-0.25, -0.2) is 0 Å². The molecular formula is C21H38NNaO3S. The van der Waals surface area contributed by atoms with Gasteiger partial charge >= 0.3 is 29.6 Å². The quantitative estimate of drug-likeness (QED) is 0.233. The fourth-order valence-corrected chi connectivity index (χ4v) is 3.73. The fraction of sp³-hybridized carbons (Fsp3) is 0.714. The van der Waals surface area contributed by atoms with Gasteiger partial charge in [-0.2, -0.15) is 8.42 Å². The van der Waals surface area contributed by atoms with Crippen LogP contribution in [0.25, 0.3) is 0 Å². The molecule has 0 bridgehead atoms. The summed E-state index contributed by atoms with van der Waals surface area (Å²) in [6, 6.07) is 6.53. The van der Waals surface area contributed by atoms with E-state index in [0.717, 1.165) is 24.9 Å². The van der Waals surface area contributed by atoms with Crippen molar-refractivity contribution < 1.29 is 13.0 Å². The van der Waals surface area contributed by atoms with Crippen molar-refractivity contribution in [3.63, 3.8) is 0 Å². The van der Waals surface area contributed by atoms with Crippen molar-refractivity contribution >= 4 is 39.7 Å². The third-order valence-electron chi connectivity index (χ3n) is 4.89. The van der Waals surface area contributed by atoms with Crippen LogP contribution in [0, 0.1) is 0 Å². The number of nitrogens with two attached hydrogens (primary N) is 1. The topological polar surface area (TPSA) is 80.4 Å². The Morgan fingerprint density at radius 2 is 1.04 bits per heavy atom. The van der Waals surface area contributed by atoms with E-state index in [1.165, 1.54) is 89.2 Å². The van der Waals surface area contributed by atoms with E-state index < -0.39 is 10.1 Å². The molecule has 27 heavy (non-hydrogen) atoms. The molecule has 0 fully saturated rings. The minimum absolute atomic E-state index is 0. The van der Waals surface area contributed by atoms with Crippen LogP contribution in [0.2, 0.25) is 0 Å². The maximum atomic E-state index is 11.0. The van der Waals surface area contributed by atoms with Gasteiger partial charge < -0.3 is 5.73 Å². The van der Waals surface area contributed by atoms with Crippen molar-refractivity contribution in [3.05, 3.63) is 29.8 Å². The van der Waals surface area contributed by atoms with Crippen LogP contribution in [0.3, 0.4) is 0 Å². The summed E-state index contributed by atoms with van der Waals surface area (Å²) in [5.41, 5.74) is 6.62. The number of benzene rings is 1. The van der Waals surface area contributed by atoms with Crippen molar-refractivity contribution in [1.82, 2.24) is 0 Å². The third kappa shape index (κ3) is 14.7. The van der Waals surface area contributed by atoms with Crippen molar-refractivity contribution in [1.29, 1.82) is 0 Å². The van der Waals surface area contributed by atoms with Crippen LogP contribution < -0.4 is 5.73 Å². The zero-order valence-electron chi connectivity index (χ0n) is 16.2. The molecule has 0 amide bonds. The monoisotopic (exact) mass is 407 g/mol. The van der Waals surface area contributed by atoms with Gasteiger partial charge in [0.1, 0.15) is 0 Å². The molecule has 0 saturated carbocycles. The van der Waals surface area contributed by atoms with Crippen molar-refractivity contribution in [2.45, 2.75) is 94.8 Å². The Labute approximate surface area is 188 Å². The maximum absolute atomic E-state index is 11.0. The number of hydrogen-bond acceptors (Lipinski definition) is 3. The van der Waals surface area contributed by atoms with Crippen LogP contribution in [-0.2, 0) is 16.5 Å². The molecule has 152 valence electrons. The summed E-state index contributed by atoms with van der Waals surface area (Å²) < 4.78 is 30.9. The Bertz CT molecular complexity index is 561. The number of unbranched alkanes of at least 4 members (excludes halogenated alkanes) is 12. The molecule has 0 aliphatic rings. The third-order valence-corrected chi connectivity index (χ3v) is 5.76. The van der Waals surface area contributed by atoms with E-state index >= 15 is 0 Å². The SMILES string of the molecule is NCCCCCCCCCCCCCCCc1ccc(S(=O)(=O)O)cc1.[NaH]. The Morgan fingerprint density at radius 3 is 1.41 bits per heavy atom. The molecule has 0 spiro atoms. The molecule has 0 radical (unpaired) electrons. The first-order valence-electron chi connectivity index (χ1n) is 10.3. The Balaban J connectivity index is 0.00000676. The van der Waals surface area contributed by atoms with Crippen molar-refractivity contribution in [2.24, 2.45) is 5.73 Å². The molecule has 0 aromatic heterocycles. The van der Waals surface area contributed by atoms with Gasteiger partial charge in [0.05, 0.1) is 4.90 Å². The van der Waals surface area contributed by atoms with Crippen molar-refractivity contribution in [3.8, 4) is 0 Å². The second-order valence-electron chi connectivity index (χ2n) is 7.25. The zero-order valence-corrected chi connectivity index (χ0v) is 17.0. The Kier molecular flexibility index (Phi) is 17.0. The van der Waals surface area contributed by atoms with E-state index in [0.29, 0.717) is 0 Å². The van der Waals surface area contributed by atoms with Crippen LogP contribution in [0.5, 0.6) is 0 Å². The van der Waals surface area contributed by atoms with Gasteiger partial charge in [-0.3, -0.25) is 4.55 Å². The molecule has 0 saturated heterocycles. The van der Waals surface area contributed by atoms with Gasteiger partial charge in [0, 0.05) is 0 Å². The van der Waals surface area contributed by atoms with Crippen molar-refractivity contribution in [2.75, 3.05) is 6.54 Å². The summed E-state index contributed by atoms with van der Waals surface area (Å²) >= 11 is 0. The van der Waals surface area contributed by atoms with Crippen LogP contribution >= 0.6 is 0 Å². The predicted octanol–water partition coefficient (Wildman–Crippen LogP) is 4.86. The molecule has 1 aromatic carbocycles. The summed E-state index contributed by atoms with van der Waals surface area (Å²) in [6.45, 7) is 0.834. The molecule has 0 aliphatic carbocycles. The van der Waals surface area contributed by atoms with Crippen LogP contribution in [0.1, 0.15) is 89.0 Å². The van der Waals surface area contributed by atoms with Gasteiger partial charge in [0.15, 0.2) is 0 Å². The second kappa shape index (κ2) is 17.0. The van der Waals surface area contributed by atoms with E-state index in [1.807, 2.05) is 0 Å². The zero-order chi connectivity index (χ0) is 19.1. The molecule has 0 atom stereocenters. The number of rotatable bonds is 16. The summed E-state index contributed by atoms with van der Waals surface area (Å²) in [5.74, 6) is 0. The second-order valence-corrected chi connectivity index (χ2v) is 8.68. The molecule has 1 aromatic rings. The van der Waals surface area contributed by atoms with Gasteiger partial charge in [-0.05, 0) is 43.5 Å². The minimum atomic E-state index is -4.07. The number of aryl methyl sites for hydroxylation is 1. The van der Waals surface area contributed by atoms with E-state index in [1.54, 1.807) is 12.1 Å². The standard InChI is InChI=1S/C21H37NO3S.Na.H/c22-19-13-11-9-7-5-3-1-2-4-6-8-10-12-14-20-15-17-21(18-16-20)26(23,24)25;;/h15-18H,1-14,19,22H2,(H,23,24,25);;. The van der Waals surface area contributed by atoms with E-state index in [-0.39, 0.29) is 34.5 Å². The first-order valence-corrected chi connectivity index (χ1v) is 11.7. The van der Waals surface area contributed by atoms with Gasteiger partial charge in [0.2, 0.25) is 0 Å². The fourth-order valence-electron chi connectivity index (χ4n) is 3.25. The predicted molar refractivity (Wildman–Crippen MR) is 116 cm³/mol. The first kappa shape index (κ1) is 27.1. The van der Waals surface area contributed by atoms with Gasteiger partial charge in [-0.1, -0.05) is 82.8 Å². The molecule has 6 heteroatoms. The molecule has 3 N–H and O–H groups in total. The molecule has 1 rings (SSSR count). The average Bonchev–Trinajstić information content (AvgIpc) is 2.61. The summed E-state index contributed by atoms with van der Waals surface area (Å²) in [6.07, 6.45) is 17.9. The Hall–Kier alpha value is 0.0900. The molecule has 4 nitrogen and oxygen atoms in total. The van der Waals surface area contributed by atoms with Crippen LogP contribution in [0.4, 0.5) is 0 Å². The van der Waals surface area contributed by atoms with E-state index in [9.17, 15) is 8.42 Å². The van der Waals surface area contributed by atoms with Crippen LogP contribution in [-0.4, -0.2) is 49.1 Å². The Morgan fingerprint density at radius 1 is 0.667 bits per heavy atom. The van der Waals surface area contributed by atoms with Crippen LogP contribution in [0.15, 0.2) is 29.2 Å². The van der Waals surface area contributed by atoms with E-state index in [4.69, 9.17) is 10.3 Å². The normalized spacial score (nSPS) is 11.3. The molecule has 0 unspecified atom stereocenters. The summed E-state index contributed by atoms with van der Waals surface area (Å²) in [5, 5.41) is 0. The molecule has 0 heterocycles. The molecular weight excluding hydrogens is 369 g/mol. The van der Waals surface area contributed by atoms with Gasteiger partial charge in [0.25, 0.3) is 10.1 Å². The van der Waals surface area contributed by atoms with E-state index in [2.05, 4.69) is 0 Å². The average molecular weight is 408 g/mol. The summed E-state index contributed by atoms with van der Waals surface area (Å²) in [7, 11) is -4.07. The van der Waals surface area contributed by atoms with Gasteiger partial charge in [-0.15, -0.1) is 0 Å². The summed E-state index contributed by atoms with van der Waals surface area (Å²) in [4.78, 5) is -0.0307. The number of hydrogen-bond donors (Lipinski definition) is 2. The first-order chi connectivity index (χ1) is 12.5. The molecule has 0 aliphatic heterocycles.